The molecule has 0 saturated heterocycles. The van der Waals surface area contributed by atoms with E-state index < -0.39 is 0 Å². The van der Waals surface area contributed by atoms with Crippen molar-refractivity contribution in [2.24, 2.45) is 5.73 Å². The zero-order valence-electron chi connectivity index (χ0n) is 12.8. The molecule has 0 amide bonds. The number of hydrogen-bond donors (Lipinski definition) is 2. The van der Waals surface area contributed by atoms with Crippen LogP contribution >= 0.6 is 22.6 Å². The topological polar surface area (TPSA) is 72.9 Å². The van der Waals surface area contributed by atoms with Crippen LogP contribution in [0.5, 0.6) is 0 Å². The molecular weight excluding hydrogens is 422 g/mol. The Morgan fingerprint density at radius 1 is 1.25 bits per heavy atom. The first kappa shape index (κ1) is 16.8. The lowest BCUT2D eigenvalue weighted by Gasteiger charge is -2.12. The van der Waals surface area contributed by atoms with Gasteiger partial charge in [-0.2, -0.15) is 0 Å². The number of rotatable bonds is 5. The predicted molar refractivity (Wildman–Crippen MR) is 102 cm³/mol. The van der Waals surface area contributed by atoms with Gasteiger partial charge >= 0.3 is 0 Å². The normalized spacial score (nSPS) is 11.0. The van der Waals surface area contributed by atoms with Crippen LogP contribution in [0.25, 0.3) is 10.8 Å². The molecule has 0 aliphatic heterocycles. The van der Waals surface area contributed by atoms with E-state index in [1.54, 1.807) is 29.1 Å². The molecule has 3 aromatic rings. The lowest BCUT2D eigenvalue weighted by atomic mass is 10.2. The molecule has 0 bridgehead atoms. The summed E-state index contributed by atoms with van der Waals surface area (Å²) in [5.41, 5.74) is 6.17. The summed E-state index contributed by atoms with van der Waals surface area (Å²) in [4.78, 5) is 16.9. The summed E-state index contributed by atoms with van der Waals surface area (Å²) in [6.45, 7) is 1.06. The highest BCUT2D eigenvalue weighted by Gasteiger charge is 2.11. The molecule has 0 saturated carbocycles. The third-order valence-corrected chi connectivity index (χ3v) is 4.36. The Balaban J connectivity index is 2.08. The number of nitrogens with zero attached hydrogens (tertiary/aromatic N) is 2. The Morgan fingerprint density at radius 3 is 2.83 bits per heavy atom. The standard InChI is InChI=1S/C17H16FIN4O/c18-13-8-12(19)2-3-14(13)22-15-10-21-9-11-4-7-23(6-1-5-20)17(24)16(11)15/h2-4,7-10,22H,1,5-6,20H2. The maximum Gasteiger partial charge on any atom is 0.260 e. The minimum atomic E-state index is -0.377. The third kappa shape index (κ3) is 3.41. The van der Waals surface area contributed by atoms with Crippen molar-refractivity contribution in [3.05, 3.63) is 62.6 Å². The van der Waals surface area contributed by atoms with Crippen LogP contribution in [0.15, 0.2) is 47.7 Å². The zero-order valence-corrected chi connectivity index (χ0v) is 15.0. The van der Waals surface area contributed by atoms with Crippen LogP contribution in [0.2, 0.25) is 0 Å². The highest BCUT2D eigenvalue weighted by Crippen LogP contribution is 2.25. The fourth-order valence-corrected chi connectivity index (χ4v) is 2.94. The van der Waals surface area contributed by atoms with E-state index in [2.05, 4.69) is 10.3 Å². The van der Waals surface area contributed by atoms with Gasteiger partial charge in [0.2, 0.25) is 0 Å². The van der Waals surface area contributed by atoms with Crippen molar-refractivity contribution in [1.82, 2.24) is 9.55 Å². The number of hydrogen-bond acceptors (Lipinski definition) is 4. The zero-order chi connectivity index (χ0) is 17.1. The Morgan fingerprint density at radius 2 is 2.08 bits per heavy atom. The van der Waals surface area contributed by atoms with E-state index in [0.717, 1.165) is 3.57 Å². The number of fused-ring (bicyclic) bond motifs is 1. The van der Waals surface area contributed by atoms with Gasteiger partial charge in [-0.25, -0.2) is 4.39 Å². The van der Waals surface area contributed by atoms with Crippen LogP contribution in [0.1, 0.15) is 6.42 Å². The van der Waals surface area contributed by atoms with Crippen molar-refractivity contribution < 1.29 is 4.39 Å². The van der Waals surface area contributed by atoms with Crippen LogP contribution in [0.4, 0.5) is 15.8 Å². The van der Waals surface area contributed by atoms with E-state index in [1.165, 1.54) is 12.3 Å². The summed E-state index contributed by atoms with van der Waals surface area (Å²) in [7, 11) is 0. The highest BCUT2D eigenvalue weighted by atomic mass is 127. The van der Waals surface area contributed by atoms with Gasteiger partial charge in [0, 0.05) is 27.9 Å². The Labute approximate surface area is 151 Å². The summed E-state index contributed by atoms with van der Waals surface area (Å²) in [5.74, 6) is -0.377. The molecule has 2 heterocycles. The number of pyridine rings is 2. The van der Waals surface area contributed by atoms with Crippen LogP contribution in [0, 0.1) is 9.39 Å². The molecule has 3 rings (SSSR count). The van der Waals surface area contributed by atoms with Crippen molar-refractivity contribution in [2.75, 3.05) is 11.9 Å². The average molecular weight is 438 g/mol. The molecule has 0 aliphatic carbocycles. The van der Waals surface area contributed by atoms with Crippen molar-refractivity contribution >= 4 is 44.7 Å². The van der Waals surface area contributed by atoms with Crippen LogP contribution in [-0.2, 0) is 6.54 Å². The monoisotopic (exact) mass is 438 g/mol. The summed E-state index contributed by atoms with van der Waals surface area (Å²) in [6, 6.07) is 6.70. The minimum Gasteiger partial charge on any atom is -0.351 e. The van der Waals surface area contributed by atoms with Gasteiger partial charge in [0.1, 0.15) is 5.82 Å². The van der Waals surface area contributed by atoms with Gasteiger partial charge < -0.3 is 15.6 Å². The second kappa shape index (κ2) is 7.27. The van der Waals surface area contributed by atoms with Gasteiger partial charge in [-0.3, -0.25) is 9.78 Å². The van der Waals surface area contributed by atoms with Crippen LogP contribution in [-0.4, -0.2) is 16.1 Å². The largest absolute Gasteiger partial charge is 0.351 e. The lowest BCUT2D eigenvalue weighted by Crippen LogP contribution is -2.21. The van der Waals surface area contributed by atoms with E-state index in [9.17, 15) is 9.18 Å². The van der Waals surface area contributed by atoms with E-state index in [-0.39, 0.29) is 11.4 Å². The van der Waals surface area contributed by atoms with E-state index >= 15 is 0 Å². The molecule has 2 aromatic heterocycles. The number of halogens is 2. The van der Waals surface area contributed by atoms with Gasteiger partial charge in [0.15, 0.2) is 0 Å². The van der Waals surface area contributed by atoms with E-state index in [0.29, 0.717) is 41.7 Å². The maximum absolute atomic E-state index is 14.1. The molecule has 1 aromatic carbocycles. The fraction of sp³-hybridized carbons (Fsp3) is 0.176. The first-order valence-electron chi connectivity index (χ1n) is 7.49. The highest BCUT2D eigenvalue weighted by molar-refractivity contribution is 14.1. The number of nitrogens with one attached hydrogen (secondary N) is 1. The first-order chi connectivity index (χ1) is 11.6. The van der Waals surface area contributed by atoms with Gasteiger partial charge in [0.05, 0.1) is 23.0 Å². The Bertz CT molecular complexity index is 942. The Kier molecular flexibility index (Phi) is 5.10. The third-order valence-electron chi connectivity index (χ3n) is 3.69. The SMILES string of the molecule is NCCCn1ccc2cncc(Nc3ccc(I)cc3F)c2c1=O. The molecule has 0 atom stereocenters. The number of aromatic nitrogens is 2. The van der Waals surface area contributed by atoms with Crippen LogP contribution in [0.3, 0.4) is 0 Å². The summed E-state index contributed by atoms with van der Waals surface area (Å²) in [5, 5.41) is 4.18. The van der Waals surface area contributed by atoms with E-state index in [1.807, 2.05) is 28.7 Å². The molecule has 7 heteroatoms. The molecule has 0 spiro atoms. The van der Waals surface area contributed by atoms with Gasteiger partial charge in [-0.15, -0.1) is 0 Å². The van der Waals surface area contributed by atoms with Gasteiger partial charge in [-0.05, 0) is 59.8 Å². The number of aryl methyl sites for hydroxylation is 1. The van der Waals surface area contributed by atoms with Gasteiger partial charge in [-0.1, -0.05) is 0 Å². The Hall–Kier alpha value is -2.00. The number of anilines is 2. The first-order valence-corrected chi connectivity index (χ1v) is 8.57. The molecule has 0 fully saturated rings. The van der Waals surface area contributed by atoms with Crippen LogP contribution < -0.4 is 16.6 Å². The molecule has 24 heavy (non-hydrogen) atoms. The van der Waals surface area contributed by atoms with Crippen molar-refractivity contribution in [1.29, 1.82) is 0 Å². The molecule has 0 aliphatic rings. The lowest BCUT2D eigenvalue weighted by molar-refractivity contribution is 0.630. The average Bonchev–Trinajstić information content (AvgIpc) is 2.57. The molecule has 3 N–H and O–H groups in total. The molecule has 0 radical (unpaired) electrons. The number of nitrogens with two attached hydrogens (primary N) is 1. The van der Waals surface area contributed by atoms with E-state index in [4.69, 9.17) is 5.73 Å². The second-order valence-electron chi connectivity index (χ2n) is 5.36. The second-order valence-corrected chi connectivity index (χ2v) is 6.60. The van der Waals surface area contributed by atoms with Crippen molar-refractivity contribution in [3.8, 4) is 0 Å². The van der Waals surface area contributed by atoms with Crippen molar-refractivity contribution in [2.45, 2.75) is 13.0 Å². The molecule has 0 unspecified atom stereocenters. The quantitative estimate of drug-likeness (QED) is 0.601. The summed E-state index contributed by atoms with van der Waals surface area (Å²) in [6.07, 6.45) is 5.61. The predicted octanol–water partition coefficient (Wildman–Crippen LogP) is 3.23. The molecule has 5 nitrogen and oxygen atoms in total. The summed E-state index contributed by atoms with van der Waals surface area (Å²) >= 11 is 2.05. The summed E-state index contributed by atoms with van der Waals surface area (Å²) < 4.78 is 16.5. The minimum absolute atomic E-state index is 0.142. The molecular formula is C17H16FIN4O. The number of benzene rings is 1. The van der Waals surface area contributed by atoms with Crippen molar-refractivity contribution in [3.63, 3.8) is 0 Å². The van der Waals surface area contributed by atoms with Gasteiger partial charge in [0.25, 0.3) is 5.56 Å². The fourth-order valence-electron chi connectivity index (χ4n) is 2.49. The maximum atomic E-state index is 14.1. The molecule has 124 valence electrons. The smallest absolute Gasteiger partial charge is 0.260 e.